The van der Waals surface area contributed by atoms with Crippen molar-refractivity contribution in [3.05, 3.63) is 0 Å². The van der Waals surface area contributed by atoms with E-state index in [9.17, 15) is 9.59 Å². The van der Waals surface area contributed by atoms with Crippen molar-refractivity contribution in [2.45, 2.75) is 58.2 Å². The molecule has 0 radical (unpaired) electrons. The van der Waals surface area contributed by atoms with Crippen LogP contribution < -0.4 is 5.32 Å². The van der Waals surface area contributed by atoms with E-state index in [0.29, 0.717) is 13.0 Å². The number of carboxylic acid groups (broad SMARTS) is 1. The van der Waals surface area contributed by atoms with Crippen LogP contribution in [-0.4, -0.2) is 46.6 Å². The third kappa shape index (κ3) is 3.43. The monoisotopic (exact) mass is 242 g/mol. The molecule has 1 saturated heterocycles. The summed E-state index contributed by atoms with van der Waals surface area (Å²) in [6.45, 7) is 6.42. The molecule has 0 aliphatic carbocycles. The Morgan fingerprint density at radius 1 is 1.47 bits per heavy atom. The maximum absolute atomic E-state index is 11.9. The lowest BCUT2D eigenvalue weighted by Gasteiger charge is -2.28. The lowest BCUT2D eigenvalue weighted by Crippen LogP contribution is -2.51. The number of nitrogens with zero attached hydrogens (tertiary/aromatic N) is 1. The number of carbonyl (C=O) groups excluding carboxylic acids is 1. The van der Waals surface area contributed by atoms with Crippen LogP contribution in [0.2, 0.25) is 0 Å². The van der Waals surface area contributed by atoms with Gasteiger partial charge in [-0.3, -0.25) is 14.5 Å². The van der Waals surface area contributed by atoms with Gasteiger partial charge in [0.2, 0.25) is 5.91 Å². The molecule has 2 N–H and O–H groups in total. The van der Waals surface area contributed by atoms with Gasteiger partial charge in [0.05, 0.1) is 6.04 Å². The number of hydrogen-bond acceptors (Lipinski definition) is 3. The molecule has 17 heavy (non-hydrogen) atoms. The Kier molecular flexibility index (Phi) is 4.93. The van der Waals surface area contributed by atoms with Gasteiger partial charge in [-0.05, 0) is 39.7 Å². The molecule has 1 heterocycles. The van der Waals surface area contributed by atoms with Crippen LogP contribution in [0.1, 0.15) is 40.0 Å². The average molecular weight is 242 g/mol. The zero-order chi connectivity index (χ0) is 13.0. The van der Waals surface area contributed by atoms with Crippen LogP contribution in [-0.2, 0) is 9.59 Å². The number of rotatable bonds is 5. The van der Waals surface area contributed by atoms with Crippen molar-refractivity contribution in [2.24, 2.45) is 0 Å². The summed E-state index contributed by atoms with van der Waals surface area (Å²) < 4.78 is 0. The first-order valence-electron chi connectivity index (χ1n) is 6.26. The van der Waals surface area contributed by atoms with Gasteiger partial charge in [0, 0.05) is 6.04 Å². The summed E-state index contributed by atoms with van der Waals surface area (Å²) in [5, 5.41) is 12.0. The maximum Gasteiger partial charge on any atom is 0.320 e. The maximum atomic E-state index is 11.9. The topological polar surface area (TPSA) is 69.6 Å². The Balaban J connectivity index is 2.59. The molecule has 5 nitrogen and oxygen atoms in total. The molecule has 5 heteroatoms. The number of amides is 1. The predicted octanol–water partition coefficient (Wildman–Crippen LogP) is 0.839. The van der Waals surface area contributed by atoms with Gasteiger partial charge in [-0.1, -0.05) is 6.92 Å². The first-order valence-corrected chi connectivity index (χ1v) is 6.26. The van der Waals surface area contributed by atoms with Crippen LogP contribution in [0.3, 0.4) is 0 Å². The largest absolute Gasteiger partial charge is 0.480 e. The molecule has 3 unspecified atom stereocenters. The molecule has 1 rings (SSSR count). The van der Waals surface area contributed by atoms with Crippen LogP contribution in [0.25, 0.3) is 0 Å². The summed E-state index contributed by atoms with van der Waals surface area (Å²) in [6, 6.07) is -0.740. The van der Waals surface area contributed by atoms with Gasteiger partial charge >= 0.3 is 5.97 Å². The first kappa shape index (κ1) is 14.0. The van der Waals surface area contributed by atoms with Crippen molar-refractivity contribution >= 4 is 11.9 Å². The molecular weight excluding hydrogens is 220 g/mol. The quantitative estimate of drug-likeness (QED) is 0.749. The normalized spacial score (nSPS) is 24.3. The van der Waals surface area contributed by atoms with Gasteiger partial charge in [0.1, 0.15) is 6.04 Å². The van der Waals surface area contributed by atoms with E-state index >= 15 is 0 Å². The molecule has 0 aromatic rings. The van der Waals surface area contributed by atoms with E-state index in [0.717, 1.165) is 12.8 Å². The standard InChI is InChI=1S/C12H22N2O3/c1-4-8(2)13-11(15)9(3)14-7-5-6-10(14)12(16)17/h8-10H,4-7H2,1-3H3,(H,13,15)(H,16,17). The molecule has 98 valence electrons. The van der Waals surface area contributed by atoms with E-state index in [2.05, 4.69) is 5.32 Å². The summed E-state index contributed by atoms with van der Waals surface area (Å²) in [5.41, 5.74) is 0. The second-order valence-electron chi connectivity index (χ2n) is 4.73. The smallest absolute Gasteiger partial charge is 0.320 e. The SMILES string of the molecule is CCC(C)NC(=O)C(C)N1CCCC1C(=O)O. The van der Waals surface area contributed by atoms with Gasteiger partial charge < -0.3 is 10.4 Å². The molecule has 1 fully saturated rings. The molecule has 1 aliphatic rings. The number of carbonyl (C=O) groups is 2. The summed E-state index contributed by atoms with van der Waals surface area (Å²) in [4.78, 5) is 24.7. The minimum Gasteiger partial charge on any atom is -0.480 e. The van der Waals surface area contributed by atoms with Crippen LogP contribution in [0.4, 0.5) is 0 Å². The Morgan fingerprint density at radius 3 is 2.65 bits per heavy atom. The number of aliphatic carboxylic acids is 1. The lowest BCUT2D eigenvalue weighted by atomic mass is 10.1. The molecule has 0 spiro atoms. The molecule has 0 saturated carbocycles. The van der Waals surface area contributed by atoms with E-state index in [1.54, 1.807) is 11.8 Å². The van der Waals surface area contributed by atoms with Crippen molar-refractivity contribution in [1.82, 2.24) is 10.2 Å². The Bertz CT molecular complexity index is 293. The molecular formula is C12H22N2O3. The van der Waals surface area contributed by atoms with Gasteiger partial charge in [-0.2, -0.15) is 0 Å². The fraction of sp³-hybridized carbons (Fsp3) is 0.833. The van der Waals surface area contributed by atoms with E-state index in [1.165, 1.54) is 0 Å². The van der Waals surface area contributed by atoms with E-state index < -0.39 is 12.0 Å². The van der Waals surface area contributed by atoms with Gasteiger partial charge in [-0.15, -0.1) is 0 Å². The highest BCUT2D eigenvalue weighted by atomic mass is 16.4. The molecule has 0 bridgehead atoms. The third-order valence-electron chi connectivity index (χ3n) is 3.46. The highest BCUT2D eigenvalue weighted by molar-refractivity contribution is 5.83. The fourth-order valence-corrected chi connectivity index (χ4v) is 2.13. The van der Waals surface area contributed by atoms with Crippen molar-refractivity contribution in [2.75, 3.05) is 6.54 Å². The second kappa shape index (κ2) is 6.00. The molecule has 1 aliphatic heterocycles. The molecule has 0 aromatic carbocycles. The Hall–Kier alpha value is -1.10. The third-order valence-corrected chi connectivity index (χ3v) is 3.46. The number of nitrogens with one attached hydrogen (secondary N) is 1. The first-order chi connectivity index (χ1) is 7.97. The Morgan fingerprint density at radius 2 is 2.12 bits per heavy atom. The van der Waals surface area contributed by atoms with Crippen LogP contribution in [0.15, 0.2) is 0 Å². The van der Waals surface area contributed by atoms with Gasteiger partial charge in [0.25, 0.3) is 0 Å². The molecule has 1 amide bonds. The van der Waals surface area contributed by atoms with Crippen LogP contribution in [0.5, 0.6) is 0 Å². The van der Waals surface area contributed by atoms with E-state index in [1.807, 2.05) is 13.8 Å². The summed E-state index contributed by atoms with van der Waals surface area (Å²) in [5.74, 6) is -0.904. The Labute approximate surface area is 102 Å². The highest BCUT2D eigenvalue weighted by Gasteiger charge is 2.36. The van der Waals surface area contributed by atoms with Crippen molar-refractivity contribution in [3.63, 3.8) is 0 Å². The fourth-order valence-electron chi connectivity index (χ4n) is 2.13. The van der Waals surface area contributed by atoms with Crippen molar-refractivity contribution in [3.8, 4) is 0 Å². The van der Waals surface area contributed by atoms with Crippen molar-refractivity contribution < 1.29 is 14.7 Å². The van der Waals surface area contributed by atoms with E-state index in [-0.39, 0.29) is 18.0 Å². The lowest BCUT2D eigenvalue weighted by molar-refractivity contribution is -0.143. The zero-order valence-corrected chi connectivity index (χ0v) is 10.8. The predicted molar refractivity (Wildman–Crippen MR) is 64.7 cm³/mol. The van der Waals surface area contributed by atoms with Gasteiger partial charge in [0.15, 0.2) is 0 Å². The van der Waals surface area contributed by atoms with Crippen LogP contribution >= 0.6 is 0 Å². The second-order valence-corrected chi connectivity index (χ2v) is 4.73. The van der Waals surface area contributed by atoms with Crippen molar-refractivity contribution in [1.29, 1.82) is 0 Å². The minimum absolute atomic E-state index is 0.0764. The number of likely N-dealkylation sites (tertiary alicyclic amines) is 1. The molecule has 0 aromatic heterocycles. The number of carboxylic acids is 1. The summed E-state index contributed by atoms with van der Waals surface area (Å²) in [7, 11) is 0. The van der Waals surface area contributed by atoms with Gasteiger partial charge in [-0.25, -0.2) is 0 Å². The van der Waals surface area contributed by atoms with E-state index in [4.69, 9.17) is 5.11 Å². The zero-order valence-electron chi connectivity index (χ0n) is 10.8. The number of hydrogen-bond donors (Lipinski definition) is 2. The molecule has 3 atom stereocenters. The highest BCUT2D eigenvalue weighted by Crippen LogP contribution is 2.20. The average Bonchev–Trinajstić information content (AvgIpc) is 2.76. The minimum atomic E-state index is -0.828. The summed E-state index contributed by atoms with van der Waals surface area (Å²) >= 11 is 0. The summed E-state index contributed by atoms with van der Waals surface area (Å²) in [6.07, 6.45) is 2.36. The van der Waals surface area contributed by atoms with Crippen LogP contribution in [0, 0.1) is 0 Å².